The van der Waals surface area contributed by atoms with E-state index in [2.05, 4.69) is 37.8 Å². The molecule has 100 valence electrons. The van der Waals surface area contributed by atoms with Gasteiger partial charge in [0.25, 0.3) is 0 Å². The molecule has 1 heterocycles. The molecule has 2 heteroatoms. The Hall–Kier alpha value is -1.02. The van der Waals surface area contributed by atoms with Crippen LogP contribution in [0, 0.1) is 18.8 Å². The first-order chi connectivity index (χ1) is 8.58. The minimum atomic E-state index is 0.834. The lowest BCUT2D eigenvalue weighted by molar-refractivity contribution is 0.152. The lowest BCUT2D eigenvalue weighted by Gasteiger charge is -2.34. The van der Waals surface area contributed by atoms with Gasteiger partial charge in [-0.3, -0.25) is 4.90 Å². The molecular weight excluding hydrogens is 220 g/mol. The number of benzene rings is 1. The van der Waals surface area contributed by atoms with Gasteiger partial charge in [0.2, 0.25) is 0 Å². The number of nitrogen functional groups attached to an aromatic ring is 1. The van der Waals surface area contributed by atoms with Crippen LogP contribution < -0.4 is 5.73 Å². The zero-order chi connectivity index (χ0) is 13.1. The number of hydrogen-bond acceptors (Lipinski definition) is 2. The maximum absolute atomic E-state index is 5.97. The average Bonchev–Trinajstić information content (AvgIpc) is 2.36. The zero-order valence-electron chi connectivity index (χ0n) is 11.9. The van der Waals surface area contributed by atoms with Crippen molar-refractivity contribution in [3.8, 4) is 0 Å². The van der Waals surface area contributed by atoms with E-state index in [0.717, 1.165) is 24.1 Å². The Morgan fingerprint density at radius 3 is 2.56 bits per heavy atom. The van der Waals surface area contributed by atoms with Crippen molar-refractivity contribution >= 4 is 5.69 Å². The standard InChI is InChI=1S/C16H26N2/c1-12(2)14-7-9-18(10-8-14)11-15-5-4-6-16(17)13(15)3/h4-6,12,14H,7-11,17H2,1-3H3. The van der Waals surface area contributed by atoms with Crippen LogP contribution in [0.2, 0.25) is 0 Å². The Balaban J connectivity index is 1.94. The molecule has 0 bridgehead atoms. The summed E-state index contributed by atoms with van der Waals surface area (Å²) in [6, 6.07) is 6.27. The summed E-state index contributed by atoms with van der Waals surface area (Å²) in [6.07, 6.45) is 2.69. The molecule has 0 saturated carbocycles. The third-order valence-electron chi connectivity index (χ3n) is 4.46. The van der Waals surface area contributed by atoms with Crippen LogP contribution in [-0.4, -0.2) is 18.0 Å². The zero-order valence-corrected chi connectivity index (χ0v) is 11.9. The van der Waals surface area contributed by atoms with E-state index in [-0.39, 0.29) is 0 Å². The second-order valence-electron chi connectivity index (χ2n) is 5.99. The van der Waals surface area contributed by atoms with E-state index in [1.54, 1.807) is 0 Å². The number of hydrogen-bond donors (Lipinski definition) is 1. The molecule has 0 spiro atoms. The van der Waals surface area contributed by atoms with Gasteiger partial charge in [-0.2, -0.15) is 0 Å². The van der Waals surface area contributed by atoms with Crippen LogP contribution in [0.5, 0.6) is 0 Å². The maximum Gasteiger partial charge on any atom is 0.0346 e. The van der Waals surface area contributed by atoms with Crippen molar-refractivity contribution in [3.63, 3.8) is 0 Å². The Labute approximate surface area is 111 Å². The predicted octanol–water partition coefficient (Wildman–Crippen LogP) is 3.45. The molecule has 1 aromatic carbocycles. The summed E-state index contributed by atoms with van der Waals surface area (Å²) in [7, 11) is 0. The van der Waals surface area contributed by atoms with Gasteiger partial charge in [-0.25, -0.2) is 0 Å². The second-order valence-corrected chi connectivity index (χ2v) is 5.99. The number of piperidine rings is 1. The molecule has 2 rings (SSSR count). The summed E-state index contributed by atoms with van der Waals surface area (Å²) in [6.45, 7) is 10.4. The summed E-state index contributed by atoms with van der Waals surface area (Å²) in [4.78, 5) is 2.57. The van der Waals surface area contributed by atoms with Crippen molar-refractivity contribution in [2.45, 2.75) is 40.2 Å². The van der Waals surface area contributed by atoms with Gasteiger partial charge in [-0.1, -0.05) is 26.0 Å². The third kappa shape index (κ3) is 3.05. The smallest absolute Gasteiger partial charge is 0.0346 e. The highest BCUT2D eigenvalue weighted by molar-refractivity contribution is 5.49. The first kappa shape index (κ1) is 13.4. The molecule has 1 aromatic rings. The molecule has 1 aliphatic rings. The van der Waals surface area contributed by atoms with Gasteiger partial charge >= 0.3 is 0 Å². The highest BCUT2D eigenvalue weighted by Crippen LogP contribution is 2.26. The van der Waals surface area contributed by atoms with Gasteiger partial charge in [0.05, 0.1) is 0 Å². The summed E-state index contributed by atoms with van der Waals surface area (Å²) < 4.78 is 0. The minimum absolute atomic E-state index is 0.834. The molecule has 0 unspecified atom stereocenters. The Bertz CT molecular complexity index is 390. The Morgan fingerprint density at radius 2 is 1.94 bits per heavy atom. The van der Waals surface area contributed by atoms with Crippen molar-refractivity contribution in [2.75, 3.05) is 18.8 Å². The van der Waals surface area contributed by atoms with E-state index in [9.17, 15) is 0 Å². The fourth-order valence-corrected chi connectivity index (χ4v) is 2.89. The summed E-state index contributed by atoms with van der Waals surface area (Å²) in [5, 5.41) is 0. The van der Waals surface area contributed by atoms with Crippen molar-refractivity contribution in [1.82, 2.24) is 4.90 Å². The van der Waals surface area contributed by atoms with Gasteiger partial charge in [0.1, 0.15) is 0 Å². The second kappa shape index (κ2) is 5.75. The van der Waals surface area contributed by atoms with E-state index in [1.165, 1.54) is 37.1 Å². The van der Waals surface area contributed by atoms with Crippen molar-refractivity contribution in [3.05, 3.63) is 29.3 Å². The van der Waals surface area contributed by atoms with E-state index in [0.29, 0.717) is 0 Å². The topological polar surface area (TPSA) is 29.3 Å². The van der Waals surface area contributed by atoms with Crippen LogP contribution in [0.1, 0.15) is 37.8 Å². The minimum Gasteiger partial charge on any atom is -0.399 e. The Kier molecular flexibility index (Phi) is 4.28. The monoisotopic (exact) mass is 246 g/mol. The molecule has 2 N–H and O–H groups in total. The molecule has 0 atom stereocenters. The highest BCUT2D eigenvalue weighted by Gasteiger charge is 2.21. The number of rotatable bonds is 3. The number of nitrogens with two attached hydrogens (primary N) is 1. The van der Waals surface area contributed by atoms with Crippen LogP contribution in [-0.2, 0) is 6.54 Å². The fourth-order valence-electron chi connectivity index (χ4n) is 2.89. The SMILES string of the molecule is Cc1c(N)cccc1CN1CCC(C(C)C)CC1. The summed E-state index contributed by atoms with van der Waals surface area (Å²) >= 11 is 0. The molecule has 2 nitrogen and oxygen atoms in total. The van der Waals surface area contributed by atoms with Crippen molar-refractivity contribution in [2.24, 2.45) is 11.8 Å². The lowest BCUT2D eigenvalue weighted by Crippen LogP contribution is -2.34. The van der Waals surface area contributed by atoms with Crippen LogP contribution in [0.15, 0.2) is 18.2 Å². The van der Waals surface area contributed by atoms with Gasteiger partial charge in [-0.15, -0.1) is 0 Å². The first-order valence-corrected chi connectivity index (χ1v) is 7.14. The molecule has 0 radical (unpaired) electrons. The normalized spacial score (nSPS) is 18.4. The quantitative estimate of drug-likeness (QED) is 0.828. The lowest BCUT2D eigenvalue weighted by atomic mass is 9.86. The van der Waals surface area contributed by atoms with E-state index < -0.39 is 0 Å². The van der Waals surface area contributed by atoms with E-state index >= 15 is 0 Å². The number of likely N-dealkylation sites (tertiary alicyclic amines) is 1. The van der Waals surface area contributed by atoms with Crippen LogP contribution in [0.4, 0.5) is 5.69 Å². The number of nitrogens with zero attached hydrogens (tertiary/aromatic N) is 1. The average molecular weight is 246 g/mol. The van der Waals surface area contributed by atoms with E-state index in [4.69, 9.17) is 5.73 Å². The maximum atomic E-state index is 5.97. The van der Waals surface area contributed by atoms with Crippen LogP contribution >= 0.6 is 0 Å². The van der Waals surface area contributed by atoms with Gasteiger partial charge in [0.15, 0.2) is 0 Å². The molecule has 1 aliphatic heterocycles. The van der Waals surface area contributed by atoms with Crippen molar-refractivity contribution < 1.29 is 0 Å². The van der Waals surface area contributed by atoms with E-state index in [1.807, 2.05) is 6.07 Å². The van der Waals surface area contributed by atoms with Crippen molar-refractivity contribution in [1.29, 1.82) is 0 Å². The first-order valence-electron chi connectivity index (χ1n) is 7.14. The predicted molar refractivity (Wildman–Crippen MR) is 78.4 cm³/mol. The fraction of sp³-hybridized carbons (Fsp3) is 0.625. The molecular formula is C16H26N2. The molecule has 1 saturated heterocycles. The van der Waals surface area contributed by atoms with Crippen LogP contribution in [0.3, 0.4) is 0 Å². The summed E-state index contributed by atoms with van der Waals surface area (Å²) in [5.74, 6) is 1.75. The number of anilines is 1. The third-order valence-corrected chi connectivity index (χ3v) is 4.46. The summed E-state index contributed by atoms with van der Waals surface area (Å²) in [5.41, 5.74) is 9.53. The molecule has 0 amide bonds. The molecule has 0 aromatic heterocycles. The Morgan fingerprint density at radius 1 is 1.28 bits per heavy atom. The van der Waals surface area contributed by atoms with Gasteiger partial charge < -0.3 is 5.73 Å². The highest BCUT2D eigenvalue weighted by atomic mass is 15.1. The van der Waals surface area contributed by atoms with Gasteiger partial charge in [0, 0.05) is 12.2 Å². The van der Waals surface area contributed by atoms with Crippen LogP contribution in [0.25, 0.3) is 0 Å². The molecule has 18 heavy (non-hydrogen) atoms. The van der Waals surface area contributed by atoms with Gasteiger partial charge in [-0.05, 0) is 61.9 Å². The molecule has 0 aliphatic carbocycles. The molecule has 1 fully saturated rings. The largest absolute Gasteiger partial charge is 0.399 e.